The van der Waals surface area contributed by atoms with Crippen molar-refractivity contribution in [2.24, 2.45) is 5.92 Å². The fraction of sp³-hybridized carbons (Fsp3) is 0.550. The van der Waals surface area contributed by atoms with Crippen LogP contribution in [0.4, 0.5) is 0 Å². The van der Waals surface area contributed by atoms with Crippen molar-refractivity contribution in [2.75, 3.05) is 13.1 Å². The molecular formula is C20H27ClN4O2. The molecule has 1 N–H and O–H groups in total. The number of aromatic nitrogens is 2. The number of piperidine rings is 1. The van der Waals surface area contributed by atoms with Gasteiger partial charge in [-0.15, -0.1) is 0 Å². The van der Waals surface area contributed by atoms with Gasteiger partial charge in [-0.2, -0.15) is 4.98 Å². The first-order valence-corrected chi connectivity index (χ1v) is 10.1. The summed E-state index contributed by atoms with van der Waals surface area (Å²) in [6, 6.07) is 7.74. The van der Waals surface area contributed by atoms with E-state index in [1.165, 1.54) is 0 Å². The minimum absolute atomic E-state index is 0.100. The number of likely N-dealkylation sites (tertiary alicyclic amines) is 1. The molecule has 0 spiro atoms. The van der Waals surface area contributed by atoms with Crippen molar-refractivity contribution in [2.45, 2.75) is 52.1 Å². The summed E-state index contributed by atoms with van der Waals surface area (Å²) in [4.78, 5) is 19.1. The number of nitrogens with one attached hydrogen (secondary N) is 1. The van der Waals surface area contributed by atoms with Gasteiger partial charge in [0.25, 0.3) is 0 Å². The van der Waals surface area contributed by atoms with Gasteiger partial charge in [0.15, 0.2) is 0 Å². The quantitative estimate of drug-likeness (QED) is 0.776. The molecule has 0 aliphatic carbocycles. The molecule has 0 bridgehead atoms. The summed E-state index contributed by atoms with van der Waals surface area (Å²) in [7, 11) is 0. The van der Waals surface area contributed by atoms with E-state index in [1.807, 2.05) is 24.3 Å². The third-order valence-electron chi connectivity index (χ3n) is 5.23. The lowest BCUT2D eigenvalue weighted by atomic mass is 9.95. The molecule has 27 heavy (non-hydrogen) atoms. The lowest BCUT2D eigenvalue weighted by molar-refractivity contribution is -0.127. The summed E-state index contributed by atoms with van der Waals surface area (Å²) < 4.78 is 5.39. The summed E-state index contributed by atoms with van der Waals surface area (Å²) in [5.41, 5.74) is 0.769. The molecule has 146 valence electrons. The number of rotatable bonds is 7. The Morgan fingerprint density at radius 3 is 2.67 bits per heavy atom. The monoisotopic (exact) mass is 390 g/mol. The van der Waals surface area contributed by atoms with Gasteiger partial charge in [-0.25, -0.2) is 0 Å². The van der Waals surface area contributed by atoms with Crippen LogP contribution in [0.25, 0.3) is 11.4 Å². The zero-order valence-corrected chi connectivity index (χ0v) is 16.7. The Balaban J connectivity index is 1.51. The first-order chi connectivity index (χ1) is 13.1. The molecule has 0 unspecified atom stereocenters. The molecular weight excluding hydrogens is 364 g/mol. The first kappa shape index (κ1) is 19.8. The van der Waals surface area contributed by atoms with E-state index >= 15 is 0 Å². The van der Waals surface area contributed by atoms with Crippen LogP contribution in [0.2, 0.25) is 5.02 Å². The second-order valence-electron chi connectivity index (χ2n) is 7.06. The van der Waals surface area contributed by atoms with E-state index in [0.29, 0.717) is 23.3 Å². The van der Waals surface area contributed by atoms with Gasteiger partial charge in [-0.05, 0) is 50.9 Å². The minimum Gasteiger partial charge on any atom is -0.353 e. The number of halogens is 1. The van der Waals surface area contributed by atoms with Gasteiger partial charge in [-0.1, -0.05) is 42.7 Å². The van der Waals surface area contributed by atoms with Gasteiger partial charge in [0, 0.05) is 17.5 Å². The maximum atomic E-state index is 12.4. The Bertz CT molecular complexity index is 752. The van der Waals surface area contributed by atoms with Crippen LogP contribution in [0.5, 0.6) is 0 Å². The molecule has 2 aromatic rings. The lowest BCUT2D eigenvalue weighted by Gasteiger charge is -2.31. The zero-order valence-electron chi connectivity index (χ0n) is 15.9. The second-order valence-corrected chi connectivity index (χ2v) is 7.47. The average Bonchev–Trinajstić information content (AvgIpc) is 3.15. The molecule has 6 nitrogen and oxygen atoms in total. The largest absolute Gasteiger partial charge is 0.353 e. The fourth-order valence-corrected chi connectivity index (χ4v) is 3.65. The number of hydrogen-bond donors (Lipinski definition) is 1. The van der Waals surface area contributed by atoms with Crippen LogP contribution in [0, 0.1) is 5.92 Å². The van der Waals surface area contributed by atoms with E-state index in [1.54, 1.807) is 0 Å². The van der Waals surface area contributed by atoms with Crippen LogP contribution in [-0.4, -0.2) is 40.1 Å². The van der Waals surface area contributed by atoms with Gasteiger partial charge >= 0.3 is 0 Å². The van der Waals surface area contributed by atoms with Crippen molar-refractivity contribution in [3.05, 3.63) is 35.2 Å². The SMILES string of the molecule is CCC(CC)NC(=O)C1CCN(Cc2nc(-c3ccccc3Cl)no2)CC1. The number of hydrogen-bond acceptors (Lipinski definition) is 5. The van der Waals surface area contributed by atoms with Gasteiger partial charge in [0.1, 0.15) is 0 Å². The summed E-state index contributed by atoms with van der Waals surface area (Å²) in [5.74, 6) is 1.38. The molecule has 1 aromatic carbocycles. The fourth-order valence-electron chi connectivity index (χ4n) is 3.43. The Morgan fingerprint density at radius 2 is 2.00 bits per heavy atom. The van der Waals surface area contributed by atoms with E-state index in [2.05, 4.69) is 34.2 Å². The van der Waals surface area contributed by atoms with Crippen LogP contribution in [-0.2, 0) is 11.3 Å². The number of nitrogens with zero attached hydrogens (tertiary/aromatic N) is 3. The molecule has 1 aromatic heterocycles. The van der Waals surface area contributed by atoms with Crippen molar-refractivity contribution in [1.29, 1.82) is 0 Å². The molecule has 1 saturated heterocycles. The number of benzene rings is 1. The Labute approximate surface area is 165 Å². The Kier molecular flexibility index (Phi) is 6.85. The smallest absolute Gasteiger partial charge is 0.241 e. The minimum atomic E-state index is 0.100. The molecule has 0 radical (unpaired) electrons. The number of amides is 1. The summed E-state index contributed by atoms with van der Waals surface area (Å²) in [6.07, 6.45) is 3.67. The number of carbonyl (C=O) groups excluding carboxylic acids is 1. The van der Waals surface area contributed by atoms with Gasteiger partial charge in [0.05, 0.1) is 11.6 Å². The van der Waals surface area contributed by atoms with E-state index in [0.717, 1.165) is 44.3 Å². The molecule has 3 rings (SSSR count). The van der Waals surface area contributed by atoms with Crippen molar-refractivity contribution in [1.82, 2.24) is 20.4 Å². The second kappa shape index (κ2) is 9.33. The van der Waals surface area contributed by atoms with Gasteiger partial charge < -0.3 is 9.84 Å². The number of carbonyl (C=O) groups is 1. The highest BCUT2D eigenvalue weighted by atomic mass is 35.5. The Morgan fingerprint density at radius 1 is 1.30 bits per heavy atom. The van der Waals surface area contributed by atoms with Crippen molar-refractivity contribution in [3.63, 3.8) is 0 Å². The van der Waals surface area contributed by atoms with Crippen molar-refractivity contribution < 1.29 is 9.32 Å². The summed E-state index contributed by atoms with van der Waals surface area (Å²) in [6.45, 7) is 6.52. The third-order valence-corrected chi connectivity index (χ3v) is 5.56. The molecule has 1 amide bonds. The maximum Gasteiger partial charge on any atom is 0.241 e. The molecule has 7 heteroatoms. The van der Waals surface area contributed by atoms with E-state index < -0.39 is 0 Å². The molecule has 0 saturated carbocycles. The van der Waals surface area contributed by atoms with Crippen LogP contribution in [0.3, 0.4) is 0 Å². The van der Waals surface area contributed by atoms with Crippen LogP contribution < -0.4 is 5.32 Å². The van der Waals surface area contributed by atoms with E-state index in [9.17, 15) is 4.79 Å². The van der Waals surface area contributed by atoms with Crippen LogP contribution >= 0.6 is 11.6 Å². The van der Waals surface area contributed by atoms with E-state index in [-0.39, 0.29) is 17.9 Å². The lowest BCUT2D eigenvalue weighted by Crippen LogP contribution is -2.43. The highest BCUT2D eigenvalue weighted by molar-refractivity contribution is 6.33. The van der Waals surface area contributed by atoms with Crippen molar-refractivity contribution in [3.8, 4) is 11.4 Å². The maximum absolute atomic E-state index is 12.4. The molecule has 2 heterocycles. The highest BCUT2D eigenvalue weighted by Gasteiger charge is 2.27. The average molecular weight is 391 g/mol. The van der Waals surface area contributed by atoms with Gasteiger partial charge in [0.2, 0.25) is 17.6 Å². The predicted octanol–water partition coefficient (Wildman–Crippen LogP) is 3.91. The van der Waals surface area contributed by atoms with E-state index in [4.69, 9.17) is 16.1 Å². The molecule has 0 atom stereocenters. The standard InChI is InChI=1S/C20H27ClN4O2/c1-3-15(4-2)22-20(26)14-9-11-25(12-10-14)13-18-23-19(24-27-18)16-7-5-6-8-17(16)21/h5-8,14-15H,3-4,9-13H2,1-2H3,(H,22,26). The van der Waals surface area contributed by atoms with Crippen LogP contribution in [0.15, 0.2) is 28.8 Å². The topological polar surface area (TPSA) is 71.3 Å². The van der Waals surface area contributed by atoms with Gasteiger partial charge in [-0.3, -0.25) is 9.69 Å². The summed E-state index contributed by atoms with van der Waals surface area (Å²) >= 11 is 6.19. The highest BCUT2D eigenvalue weighted by Crippen LogP contribution is 2.25. The zero-order chi connectivity index (χ0) is 19.2. The predicted molar refractivity (Wildman–Crippen MR) is 105 cm³/mol. The normalized spacial score (nSPS) is 16.0. The first-order valence-electron chi connectivity index (χ1n) is 9.70. The van der Waals surface area contributed by atoms with Crippen molar-refractivity contribution >= 4 is 17.5 Å². The Hall–Kier alpha value is -1.92. The molecule has 1 aliphatic rings. The summed E-state index contributed by atoms with van der Waals surface area (Å²) in [5, 5.41) is 7.82. The third kappa shape index (κ3) is 5.08. The van der Waals surface area contributed by atoms with Crippen LogP contribution in [0.1, 0.15) is 45.4 Å². The molecule has 1 fully saturated rings. The molecule has 1 aliphatic heterocycles.